The number of esters is 1. The van der Waals surface area contributed by atoms with Crippen LogP contribution in [0.15, 0.2) is 73.1 Å². The zero-order chi connectivity index (χ0) is 23.8. The number of nitrogens with one attached hydrogen (secondary N) is 1. The van der Waals surface area contributed by atoms with Crippen LogP contribution in [-0.2, 0) is 27.2 Å². The summed E-state index contributed by atoms with van der Waals surface area (Å²) in [4.78, 5) is 24.1. The molecule has 1 N–H and O–H groups in total. The molecule has 0 fully saturated rings. The van der Waals surface area contributed by atoms with E-state index in [4.69, 9.17) is 9.47 Å². The number of benzene rings is 2. The van der Waals surface area contributed by atoms with Crippen molar-refractivity contribution < 1.29 is 23.6 Å². The van der Waals surface area contributed by atoms with Gasteiger partial charge in [-0.15, -0.1) is 0 Å². The molecule has 0 aliphatic rings. The molecule has 2 aromatic carbocycles. The second kappa shape index (κ2) is 10.8. The van der Waals surface area contributed by atoms with Gasteiger partial charge in [0.15, 0.2) is 18.9 Å². The number of ether oxygens (including phenoxy) is 2. The molecular formula is C27H31N2O4+. The van der Waals surface area contributed by atoms with Crippen LogP contribution in [0.4, 0.5) is 10.5 Å². The fourth-order valence-corrected chi connectivity index (χ4v) is 3.39. The Kier molecular flexibility index (Phi) is 7.83. The summed E-state index contributed by atoms with van der Waals surface area (Å²) in [5, 5.41) is 2.75. The van der Waals surface area contributed by atoms with Crippen LogP contribution >= 0.6 is 0 Å². The van der Waals surface area contributed by atoms with E-state index in [0.717, 1.165) is 16.7 Å². The number of amides is 1. The van der Waals surface area contributed by atoms with Crippen LogP contribution in [0.25, 0.3) is 11.1 Å². The molecule has 3 rings (SSSR count). The average molecular weight is 448 g/mol. The van der Waals surface area contributed by atoms with E-state index in [-0.39, 0.29) is 12.4 Å². The predicted molar refractivity (Wildman–Crippen MR) is 128 cm³/mol. The van der Waals surface area contributed by atoms with Crippen molar-refractivity contribution in [1.82, 2.24) is 0 Å². The SMILES string of the molecule is CCOC(=O)Cc1cc(-c2ccc(NC(=O)OC(C)(C)C)cc2)c[n+](Cc2ccccc2)c1. The highest BCUT2D eigenvalue weighted by atomic mass is 16.6. The van der Waals surface area contributed by atoms with E-state index in [1.165, 1.54) is 5.56 Å². The van der Waals surface area contributed by atoms with Gasteiger partial charge in [-0.3, -0.25) is 10.1 Å². The molecule has 0 aliphatic carbocycles. The Bertz CT molecular complexity index is 1090. The van der Waals surface area contributed by atoms with E-state index in [1.807, 2.05) is 75.5 Å². The lowest BCUT2D eigenvalue weighted by atomic mass is 10.0. The maximum absolute atomic E-state index is 12.1. The van der Waals surface area contributed by atoms with Crippen molar-refractivity contribution in [3.05, 3.63) is 84.2 Å². The van der Waals surface area contributed by atoms with E-state index in [1.54, 1.807) is 6.92 Å². The van der Waals surface area contributed by atoms with Crippen LogP contribution in [0.1, 0.15) is 38.8 Å². The molecule has 0 bridgehead atoms. The molecule has 3 aromatic rings. The summed E-state index contributed by atoms with van der Waals surface area (Å²) in [5.74, 6) is -0.252. The summed E-state index contributed by atoms with van der Waals surface area (Å²) in [6, 6.07) is 19.7. The van der Waals surface area contributed by atoms with Crippen LogP contribution in [0.5, 0.6) is 0 Å². The van der Waals surface area contributed by atoms with E-state index in [2.05, 4.69) is 28.2 Å². The largest absolute Gasteiger partial charge is 0.466 e. The monoisotopic (exact) mass is 447 g/mol. The van der Waals surface area contributed by atoms with Crippen molar-refractivity contribution in [2.24, 2.45) is 0 Å². The van der Waals surface area contributed by atoms with Gasteiger partial charge in [0, 0.05) is 22.4 Å². The normalized spacial score (nSPS) is 11.0. The highest BCUT2D eigenvalue weighted by Crippen LogP contribution is 2.22. The van der Waals surface area contributed by atoms with Crippen molar-refractivity contribution in [2.45, 2.75) is 46.3 Å². The Labute approximate surface area is 195 Å². The number of anilines is 1. The Balaban J connectivity index is 1.84. The molecule has 0 unspecified atom stereocenters. The van der Waals surface area contributed by atoms with Gasteiger partial charge in [0.05, 0.1) is 13.0 Å². The summed E-state index contributed by atoms with van der Waals surface area (Å²) < 4.78 is 12.5. The Morgan fingerprint density at radius 3 is 2.24 bits per heavy atom. The van der Waals surface area contributed by atoms with Crippen molar-refractivity contribution in [3.63, 3.8) is 0 Å². The molecule has 1 heterocycles. The minimum atomic E-state index is -0.560. The number of carbonyl (C=O) groups excluding carboxylic acids is 2. The molecule has 6 heteroatoms. The molecule has 0 radical (unpaired) electrons. The molecule has 0 saturated carbocycles. The van der Waals surface area contributed by atoms with Gasteiger partial charge in [-0.05, 0) is 51.5 Å². The van der Waals surface area contributed by atoms with E-state index in [9.17, 15) is 9.59 Å². The van der Waals surface area contributed by atoms with E-state index < -0.39 is 11.7 Å². The molecular weight excluding hydrogens is 416 g/mol. The second-order valence-electron chi connectivity index (χ2n) is 8.78. The third-order valence-corrected chi connectivity index (χ3v) is 4.70. The number of carbonyl (C=O) groups is 2. The number of aromatic nitrogens is 1. The van der Waals surface area contributed by atoms with Crippen LogP contribution in [-0.4, -0.2) is 24.3 Å². The standard InChI is InChI=1S/C27H30N2O4/c1-5-32-25(30)16-21-15-23(19-29(18-21)17-20-9-7-6-8-10-20)22-11-13-24(14-12-22)28-26(31)33-27(2,3)4/h6-15,18-19H,5,16-17H2,1-4H3/p+1. The fraction of sp³-hybridized carbons (Fsp3) is 0.296. The Morgan fingerprint density at radius 2 is 1.61 bits per heavy atom. The number of hydrogen-bond acceptors (Lipinski definition) is 4. The predicted octanol–water partition coefficient (Wildman–Crippen LogP) is 5.14. The Hall–Kier alpha value is -3.67. The quantitative estimate of drug-likeness (QED) is 0.402. The zero-order valence-electron chi connectivity index (χ0n) is 19.6. The van der Waals surface area contributed by atoms with Gasteiger partial charge in [-0.1, -0.05) is 42.5 Å². The lowest BCUT2D eigenvalue weighted by Gasteiger charge is -2.19. The molecule has 0 atom stereocenters. The minimum Gasteiger partial charge on any atom is -0.466 e. The van der Waals surface area contributed by atoms with Crippen LogP contribution in [0, 0.1) is 0 Å². The highest BCUT2D eigenvalue weighted by molar-refractivity contribution is 5.85. The maximum atomic E-state index is 12.1. The van der Waals surface area contributed by atoms with Crippen molar-refractivity contribution in [3.8, 4) is 11.1 Å². The number of hydrogen-bond donors (Lipinski definition) is 1. The first-order valence-corrected chi connectivity index (χ1v) is 11.0. The second-order valence-corrected chi connectivity index (χ2v) is 8.78. The minimum absolute atomic E-state index is 0.203. The van der Waals surface area contributed by atoms with E-state index >= 15 is 0 Å². The Morgan fingerprint density at radius 1 is 0.909 bits per heavy atom. The van der Waals surface area contributed by atoms with Gasteiger partial charge < -0.3 is 9.47 Å². The summed E-state index contributed by atoms with van der Waals surface area (Å²) >= 11 is 0. The van der Waals surface area contributed by atoms with Gasteiger partial charge in [0.2, 0.25) is 0 Å². The molecule has 0 aliphatic heterocycles. The van der Waals surface area contributed by atoms with Gasteiger partial charge in [0.1, 0.15) is 5.60 Å². The number of rotatable bonds is 7. The third kappa shape index (κ3) is 7.75. The number of pyridine rings is 1. The third-order valence-electron chi connectivity index (χ3n) is 4.70. The zero-order valence-corrected chi connectivity index (χ0v) is 19.6. The molecule has 0 spiro atoms. The lowest BCUT2D eigenvalue weighted by Crippen LogP contribution is -2.34. The highest BCUT2D eigenvalue weighted by Gasteiger charge is 2.17. The van der Waals surface area contributed by atoms with Crippen molar-refractivity contribution >= 4 is 17.7 Å². The van der Waals surface area contributed by atoms with Crippen molar-refractivity contribution in [1.29, 1.82) is 0 Å². The summed E-state index contributed by atoms with van der Waals surface area (Å²) in [6.07, 6.45) is 3.74. The summed E-state index contributed by atoms with van der Waals surface area (Å²) in [6.45, 7) is 8.31. The fourth-order valence-electron chi connectivity index (χ4n) is 3.39. The summed E-state index contributed by atoms with van der Waals surface area (Å²) in [7, 11) is 0. The van der Waals surface area contributed by atoms with Gasteiger partial charge in [-0.2, -0.15) is 4.57 Å². The molecule has 6 nitrogen and oxygen atoms in total. The molecule has 33 heavy (non-hydrogen) atoms. The van der Waals surface area contributed by atoms with Gasteiger partial charge in [-0.25, -0.2) is 4.79 Å². The topological polar surface area (TPSA) is 68.5 Å². The van der Waals surface area contributed by atoms with Crippen LogP contribution < -0.4 is 9.88 Å². The smallest absolute Gasteiger partial charge is 0.412 e. The molecule has 1 amide bonds. The average Bonchev–Trinajstić information content (AvgIpc) is 2.73. The van der Waals surface area contributed by atoms with Gasteiger partial charge >= 0.3 is 12.1 Å². The molecule has 1 aromatic heterocycles. The van der Waals surface area contributed by atoms with E-state index in [0.29, 0.717) is 18.8 Å². The molecule has 0 saturated heterocycles. The first-order valence-electron chi connectivity index (χ1n) is 11.0. The van der Waals surface area contributed by atoms with Crippen LogP contribution in [0.3, 0.4) is 0 Å². The molecule has 172 valence electrons. The first-order chi connectivity index (χ1) is 15.7. The van der Waals surface area contributed by atoms with Crippen LogP contribution in [0.2, 0.25) is 0 Å². The first kappa shape index (κ1) is 24.0. The lowest BCUT2D eigenvalue weighted by molar-refractivity contribution is -0.688. The van der Waals surface area contributed by atoms with Crippen molar-refractivity contribution in [2.75, 3.05) is 11.9 Å². The summed E-state index contributed by atoms with van der Waals surface area (Å²) in [5.41, 5.74) is 4.06. The van der Waals surface area contributed by atoms with Gasteiger partial charge in [0.25, 0.3) is 0 Å². The number of nitrogens with zero attached hydrogens (tertiary/aromatic N) is 1. The maximum Gasteiger partial charge on any atom is 0.412 e.